The van der Waals surface area contributed by atoms with Crippen molar-refractivity contribution in [3.05, 3.63) is 46.3 Å². The molecule has 6 nitrogen and oxygen atoms in total. The van der Waals surface area contributed by atoms with E-state index in [9.17, 15) is 9.18 Å². The molecule has 2 aliphatic heterocycles. The van der Waals surface area contributed by atoms with E-state index in [1.165, 1.54) is 36.3 Å². The number of benzene rings is 1. The molecule has 0 radical (unpaired) electrons. The fourth-order valence-electron chi connectivity index (χ4n) is 5.01. The van der Waals surface area contributed by atoms with Crippen molar-refractivity contribution in [2.24, 2.45) is 0 Å². The lowest BCUT2D eigenvalue weighted by atomic mass is 10.0. The minimum Gasteiger partial charge on any atom is -0.368 e. The summed E-state index contributed by atoms with van der Waals surface area (Å²) < 4.78 is 13.2. The van der Waals surface area contributed by atoms with E-state index in [1.54, 1.807) is 12.1 Å². The summed E-state index contributed by atoms with van der Waals surface area (Å²) >= 11 is 1.49. The van der Waals surface area contributed by atoms with Crippen molar-refractivity contribution >= 4 is 39.0 Å². The highest BCUT2D eigenvalue weighted by atomic mass is 32.1. The zero-order valence-corrected chi connectivity index (χ0v) is 20.3. The van der Waals surface area contributed by atoms with Gasteiger partial charge in [0, 0.05) is 44.5 Å². The standard InChI is InChI=1S/C25H30FN5OS/c1-16-6-4-5-11-31(16)23-21-17(2)22(33-24(21)28-18(3)27-23)25(32)30-14-12-29(13-15-30)20-9-7-19(26)8-10-20/h7-10,16H,4-6,11-15H2,1-3H3/t16-/m0/s1. The van der Waals surface area contributed by atoms with Crippen molar-refractivity contribution < 1.29 is 9.18 Å². The minimum absolute atomic E-state index is 0.0737. The maximum atomic E-state index is 13.5. The number of aryl methyl sites for hydroxylation is 2. The molecule has 1 amide bonds. The second-order valence-electron chi connectivity index (χ2n) is 9.12. The van der Waals surface area contributed by atoms with Crippen LogP contribution in [0.4, 0.5) is 15.9 Å². The van der Waals surface area contributed by atoms with Crippen molar-refractivity contribution in [3.8, 4) is 0 Å². The fourth-order valence-corrected chi connectivity index (χ4v) is 6.20. The minimum atomic E-state index is -0.232. The number of piperazine rings is 1. The Balaban J connectivity index is 1.40. The Labute approximate surface area is 198 Å². The third-order valence-corrected chi connectivity index (χ3v) is 8.08. The summed E-state index contributed by atoms with van der Waals surface area (Å²) in [7, 11) is 0. The van der Waals surface area contributed by atoms with E-state index in [2.05, 4.69) is 16.7 Å². The van der Waals surface area contributed by atoms with E-state index in [0.29, 0.717) is 19.1 Å². The van der Waals surface area contributed by atoms with Gasteiger partial charge in [-0.1, -0.05) is 0 Å². The molecule has 0 saturated carbocycles. The lowest BCUT2D eigenvalue weighted by molar-refractivity contribution is 0.0751. The van der Waals surface area contributed by atoms with Crippen LogP contribution in [0.25, 0.3) is 10.2 Å². The molecule has 4 heterocycles. The molecule has 0 spiro atoms. The number of thiophene rings is 1. The molecule has 0 aliphatic carbocycles. The van der Waals surface area contributed by atoms with Crippen molar-refractivity contribution in [1.82, 2.24) is 14.9 Å². The molecule has 3 aromatic rings. The van der Waals surface area contributed by atoms with Crippen molar-refractivity contribution in [2.45, 2.75) is 46.1 Å². The van der Waals surface area contributed by atoms with Crippen LogP contribution in [0.1, 0.15) is 47.2 Å². The molecule has 2 saturated heterocycles. The van der Waals surface area contributed by atoms with Gasteiger partial charge in [0.05, 0.1) is 10.3 Å². The van der Waals surface area contributed by atoms with Crippen LogP contribution in [-0.2, 0) is 0 Å². The zero-order valence-electron chi connectivity index (χ0n) is 19.5. The van der Waals surface area contributed by atoms with Gasteiger partial charge in [0.25, 0.3) is 5.91 Å². The van der Waals surface area contributed by atoms with Crippen LogP contribution in [0.15, 0.2) is 24.3 Å². The predicted octanol–water partition coefficient (Wildman–Crippen LogP) is 4.79. The molecule has 0 N–H and O–H groups in total. The summed E-state index contributed by atoms with van der Waals surface area (Å²) in [5.41, 5.74) is 1.99. The fraction of sp³-hybridized carbons (Fsp3) is 0.480. The second kappa shape index (κ2) is 8.89. The number of nitrogens with zero attached hydrogens (tertiary/aromatic N) is 5. The lowest BCUT2D eigenvalue weighted by Crippen LogP contribution is -2.48. The molecule has 33 heavy (non-hydrogen) atoms. The molecule has 174 valence electrons. The molecule has 2 aliphatic rings. The van der Waals surface area contributed by atoms with Crippen molar-refractivity contribution in [1.29, 1.82) is 0 Å². The molecule has 5 rings (SSSR count). The predicted molar refractivity (Wildman–Crippen MR) is 132 cm³/mol. The number of piperidine rings is 1. The van der Waals surface area contributed by atoms with Crippen LogP contribution in [0.2, 0.25) is 0 Å². The molecule has 1 atom stereocenters. The number of rotatable bonds is 3. The van der Waals surface area contributed by atoms with E-state index in [0.717, 1.165) is 64.0 Å². The first-order valence-corrected chi connectivity index (χ1v) is 12.6. The quantitative estimate of drug-likeness (QED) is 0.555. The van der Waals surface area contributed by atoms with Gasteiger partial charge in [0.1, 0.15) is 22.3 Å². The van der Waals surface area contributed by atoms with Gasteiger partial charge in [0.2, 0.25) is 0 Å². The number of hydrogen-bond donors (Lipinski definition) is 0. The number of fused-ring (bicyclic) bond motifs is 1. The average Bonchev–Trinajstić information content (AvgIpc) is 3.15. The third-order valence-electron chi connectivity index (χ3n) is 6.91. The maximum Gasteiger partial charge on any atom is 0.264 e. The van der Waals surface area contributed by atoms with Crippen LogP contribution in [0, 0.1) is 19.7 Å². The van der Waals surface area contributed by atoms with Gasteiger partial charge in [-0.25, -0.2) is 14.4 Å². The Hall–Kier alpha value is -2.74. The van der Waals surface area contributed by atoms with E-state index in [4.69, 9.17) is 9.97 Å². The number of carbonyl (C=O) groups excluding carboxylic acids is 1. The number of amides is 1. The molecular formula is C25H30FN5OS. The van der Waals surface area contributed by atoms with E-state index in [1.807, 2.05) is 18.7 Å². The van der Waals surface area contributed by atoms with Gasteiger partial charge in [-0.3, -0.25) is 4.79 Å². The summed E-state index contributed by atoms with van der Waals surface area (Å²) in [4.78, 5) is 31.3. The highest BCUT2D eigenvalue weighted by Crippen LogP contribution is 2.38. The van der Waals surface area contributed by atoms with E-state index >= 15 is 0 Å². The van der Waals surface area contributed by atoms with Crippen LogP contribution in [0.5, 0.6) is 0 Å². The number of hydrogen-bond acceptors (Lipinski definition) is 6. The number of halogens is 1. The molecule has 8 heteroatoms. The second-order valence-corrected chi connectivity index (χ2v) is 10.1. The molecule has 0 bridgehead atoms. The van der Waals surface area contributed by atoms with Gasteiger partial charge in [-0.2, -0.15) is 0 Å². The number of aromatic nitrogens is 2. The summed E-state index contributed by atoms with van der Waals surface area (Å²) in [6.07, 6.45) is 3.58. The highest BCUT2D eigenvalue weighted by molar-refractivity contribution is 7.20. The highest BCUT2D eigenvalue weighted by Gasteiger charge is 2.29. The smallest absolute Gasteiger partial charge is 0.264 e. The lowest BCUT2D eigenvalue weighted by Gasteiger charge is -2.36. The molecule has 1 aromatic carbocycles. The first kappa shape index (κ1) is 22.1. The molecular weight excluding hydrogens is 437 g/mol. The average molecular weight is 468 g/mol. The maximum absolute atomic E-state index is 13.5. The first-order chi connectivity index (χ1) is 15.9. The zero-order chi connectivity index (χ0) is 23.1. The van der Waals surface area contributed by atoms with Gasteiger partial charge in [0.15, 0.2) is 0 Å². The van der Waals surface area contributed by atoms with Crippen LogP contribution >= 0.6 is 11.3 Å². The van der Waals surface area contributed by atoms with E-state index < -0.39 is 0 Å². The van der Waals surface area contributed by atoms with Crippen LogP contribution < -0.4 is 9.80 Å². The first-order valence-electron chi connectivity index (χ1n) is 11.8. The summed E-state index contributed by atoms with van der Waals surface area (Å²) in [5.74, 6) is 1.58. The normalized spacial score (nSPS) is 19.4. The van der Waals surface area contributed by atoms with Crippen LogP contribution in [-0.4, -0.2) is 59.5 Å². The summed E-state index contributed by atoms with van der Waals surface area (Å²) in [6, 6.07) is 7.00. The monoisotopic (exact) mass is 467 g/mol. The number of carbonyl (C=O) groups is 1. The molecule has 0 unspecified atom stereocenters. The third kappa shape index (κ3) is 4.16. The Kier molecular flexibility index (Phi) is 5.95. The Morgan fingerprint density at radius 3 is 2.45 bits per heavy atom. The van der Waals surface area contributed by atoms with Crippen molar-refractivity contribution in [2.75, 3.05) is 42.5 Å². The summed E-state index contributed by atoms with van der Waals surface area (Å²) in [6.45, 7) is 9.98. The Morgan fingerprint density at radius 2 is 1.76 bits per heavy atom. The number of anilines is 2. The van der Waals surface area contributed by atoms with Gasteiger partial charge in [-0.05, 0) is 69.9 Å². The topological polar surface area (TPSA) is 52.6 Å². The van der Waals surface area contributed by atoms with Gasteiger partial charge in [-0.15, -0.1) is 11.3 Å². The summed E-state index contributed by atoms with van der Waals surface area (Å²) in [5, 5.41) is 1.03. The van der Waals surface area contributed by atoms with Gasteiger partial charge >= 0.3 is 0 Å². The Bertz CT molecular complexity index is 1170. The van der Waals surface area contributed by atoms with Crippen molar-refractivity contribution in [3.63, 3.8) is 0 Å². The van der Waals surface area contributed by atoms with Crippen LogP contribution in [0.3, 0.4) is 0 Å². The Morgan fingerprint density at radius 1 is 1.03 bits per heavy atom. The van der Waals surface area contributed by atoms with E-state index in [-0.39, 0.29) is 11.7 Å². The largest absolute Gasteiger partial charge is 0.368 e. The molecule has 2 fully saturated rings. The SMILES string of the molecule is Cc1nc(N2CCCC[C@@H]2C)c2c(C)c(C(=O)N3CCN(c4ccc(F)cc4)CC3)sc2n1. The van der Waals surface area contributed by atoms with Gasteiger partial charge < -0.3 is 14.7 Å². The molecule has 2 aromatic heterocycles.